The van der Waals surface area contributed by atoms with Crippen LogP contribution in [0, 0.1) is 17.1 Å². The van der Waals surface area contributed by atoms with E-state index in [1.54, 1.807) is 11.1 Å². The number of hydrogen-bond acceptors (Lipinski definition) is 5. The van der Waals surface area contributed by atoms with E-state index in [1.165, 1.54) is 12.3 Å². The lowest BCUT2D eigenvalue weighted by molar-refractivity contribution is -0.130. The van der Waals surface area contributed by atoms with Crippen LogP contribution in [-0.2, 0) is 11.2 Å². The topological polar surface area (TPSA) is 73.1 Å². The fourth-order valence-electron chi connectivity index (χ4n) is 3.42. The number of carbonyl (C=O) groups excluding carboxylic acids is 1. The number of piperazine rings is 1. The van der Waals surface area contributed by atoms with Gasteiger partial charge in [-0.3, -0.25) is 4.79 Å². The third kappa shape index (κ3) is 3.90. The van der Waals surface area contributed by atoms with Crippen LogP contribution in [0.3, 0.4) is 0 Å². The van der Waals surface area contributed by atoms with E-state index < -0.39 is 0 Å². The van der Waals surface area contributed by atoms with Crippen LogP contribution >= 0.6 is 0 Å². The molecule has 1 saturated heterocycles. The molecule has 7 heteroatoms. The quantitative estimate of drug-likeness (QED) is 0.831. The number of amides is 1. The molecular formula is C20H20FN5O. The number of nitriles is 1. The molecule has 1 aromatic carbocycles. The normalized spacial score (nSPS) is 16.9. The molecule has 1 saturated carbocycles. The summed E-state index contributed by atoms with van der Waals surface area (Å²) in [7, 11) is 0. The predicted octanol–water partition coefficient (Wildman–Crippen LogP) is 2.26. The van der Waals surface area contributed by atoms with Crippen molar-refractivity contribution in [1.29, 1.82) is 5.26 Å². The van der Waals surface area contributed by atoms with Crippen molar-refractivity contribution in [1.82, 2.24) is 14.9 Å². The summed E-state index contributed by atoms with van der Waals surface area (Å²) < 4.78 is 14.2. The van der Waals surface area contributed by atoms with E-state index in [2.05, 4.69) is 9.97 Å². The molecule has 0 atom stereocenters. The van der Waals surface area contributed by atoms with Gasteiger partial charge in [0, 0.05) is 26.2 Å². The number of nitrogens with zero attached hydrogens (tertiary/aromatic N) is 5. The second-order valence-corrected chi connectivity index (χ2v) is 7.05. The van der Waals surface area contributed by atoms with Crippen LogP contribution in [0.25, 0.3) is 0 Å². The van der Waals surface area contributed by atoms with Gasteiger partial charge in [0.1, 0.15) is 17.7 Å². The predicted molar refractivity (Wildman–Crippen MR) is 97.6 cm³/mol. The summed E-state index contributed by atoms with van der Waals surface area (Å²) in [6, 6.07) is 7.16. The molecule has 0 unspecified atom stereocenters. The maximum Gasteiger partial charge on any atom is 0.227 e. The van der Waals surface area contributed by atoms with E-state index in [-0.39, 0.29) is 23.8 Å². The molecule has 1 aliphatic carbocycles. The molecule has 1 amide bonds. The van der Waals surface area contributed by atoms with Gasteiger partial charge in [-0.15, -0.1) is 0 Å². The van der Waals surface area contributed by atoms with Crippen molar-refractivity contribution in [2.75, 3.05) is 31.1 Å². The van der Waals surface area contributed by atoms with Crippen molar-refractivity contribution in [2.45, 2.75) is 25.2 Å². The molecule has 0 radical (unpaired) electrons. The summed E-state index contributed by atoms with van der Waals surface area (Å²) in [5.41, 5.74) is 1.79. The highest BCUT2D eigenvalue weighted by molar-refractivity contribution is 5.79. The zero-order valence-electron chi connectivity index (χ0n) is 14.9. The van der Waals surface area contributed by atoms with Gasteiger partial charge in [-0.05, 0) is 36.0 Å². The molecule has 0 N–H and O–H groups in total. The van der Waals surface area contributed by atoms with Crippen molar-refractivity contribution >= 4 is 11.7 Å². The molecule has 2 heterocycles. The Morgan fingerprint density at radius 3 is 2.56 bits per heavy atom. The SMILES string of the molecule is N#Cc1cnc(N2CCN(C(=O)Cc3ccc(C4CC4)c(F)c3)CC2)cn1. The van der Waals surface area contributed by atoms with Crippen molar-refractivity contribution in [3.8, 4) is 6.07 Å². The van der Waals surface area contributed by atoms with Crippen LogP contribution in [0.4, 0.5) is 10.2 Å². The first-order valence-corrected chi connectivity index (χ1v) is 9.17. The minimum absolute atomic E-state index is 0.0131. The Morgan fingerprint density at radius 2 is 1.96 bits per heavy atom. The standard InChI is InChI=1S/C20H20FN5O/c21-18-9-14(1-4-17(18)15-2-3-15)10-20(27)26-7-5-25(6-8-26)19-13-23-16(11-22)12-24-19/h1,4,9,12-13,15H,2-3,5-8,10H2. The highest BCUT2D eigenvalue weighted by Gasteiger charge is 2.27. The van der Waals surface area contributed by atoms with E-state index in [9.17, 15) is 9.18 Å². The second kappa shape index (κ2) is 7.31. The lowest BCUT2D eigenvalue weighted by atomic mass is 10.0. The molecule has 27 heavy (non-hydrogen) atoms. The number of halogens is 1. The fourth-order valence-corrected chi connectivity index (χ4v) is 3.42. The highest BCUT2D eigenvalue weighted by Crippen LogP contribution is 2.41. The number of benzene rings is 1. The van der Waals surface area contributed by atoms with Crippen molar-refractivity contribution in [3.63, 3.8) is 0 Å². The van der Waals surface area contributed by atoms with Gasteiger partial charge in [0.25, 0.3) is 0 Å². The lowest BCUT2D eigenvalue weighted by Crippen LogP contribution is -2.49. The zero-order valence-corrected chi connectivity index (χ0v) is 14.9. The second-order valence-electron chi connectivity index (χ2n) is 7.05. The number of aromatic nitrogens is 2. The van der Waals surface area contributed by atoms with Crippen LogP contribution < -0.4 is 4.90 Å². The Balaban J connectivity index is 1.33. The van der Waals surface area contributed by atoms with Crippen molar-refractivity contribution < 1.29 is 9.18 Å². The summed E-state index contributed by atoms with van der Waals surface area (Å²) >= 11 is 0. The minimum Gasteiger partial charge on any atom is -0.352 e. The number of rotatable bonds is 4. The maximum absolute atomic E-state index is 14.2. The van der Waals surface area contributed by atoms with Crippen LogP contribution in [0.1, 0.15) is 35.6 Å². The van der Waals surface area contributed by atoms with E-state index >= 15 is 0 Å². The first-order chi connectivity index (χ1) is 13.1. The van der Waals surface area contributed by atoms with Crippen LogP contribution in [0.15, 0.2) is 30.6 Å². The average Bonchev–Trinajstić information content (AvgIpc) is 3.53. The Bertz CT molecular complexity index is 880. The fraction of sp³-hybridized carbons (Fsp3) is 0.400. The molecule has 6 nitrogen and oxygen atoms in total. The van der Waals surface area contributed by atoms with Crippen molar-refractivity contribution in [2.24, 2.45) is 0 Å². The van der Waals surface area contributed by atoms with Gasteiger partial charge < -0.3 is 9.80 Å². The van der Waals surface area contributed by atoms with Gasteiger partial charge in [0.05, 0.1) is 18.8 Å². The first-order valence-electron chi connectivity index (χ1n) is 9.17. The molecule has 1 aliphatic heterocycles. The van der Waals surface area contributed by atoms with E-state index in [0.29, 0.717) is 37.9 Å². The average molecular weight is 365 g/mol. The molecule has 0 bridgehead atoms. The lowest BCUT2D eigenvalue weighted by Gasteiger charge is -2.35. The molecular weight excluding hydrogens is 345 g/mol. The monoisotopic (exact) mass is 365 g/mol. The summed E-state index contributed by atoms with van der Waals surface area (Å²) in [5.74, 6) is 0.901. The van der Waals surface area contributed by atoms with Gasteiger partial charge >= 0.3 is 0 Å². The third-order valence-corrected chi connectivity index (χ3v) is 5.15. The Hall–Kier alpha value is -3.01. The summed E-state index contributed by atoms with van der Waals surface area (Å²) in [5, 5.41) is 8.78. The smallest absolute Gasteiger partial charge is 0.227 e. The van der Waals surface area contributed by atoms with Crippen LogP contribution in [-0.4, -0.2) is 47.0 Å². The number of carbonyl (C=O) groups is 1. The van der Waals surface area contributed by atoms with E-state index in [1.807, 2.05) is 23.1 Å². The molecule has 2 aliphatic rings. The molecule has 2 fully saturated rings. The number of hydrogen-bond donors (Lipinski definition) is 0. The van der Waals surface area contributed by atoms with Gasteiger partial charge in [0.2, 0.25) is 5.91 Å². The molecule has 0 spiro atoms. The van der Waals surface area contributed by atoms with Gasteiger partial charge in [-0.2, -0.15) is 5.26 Å². The van der Waals surface area contributed by atoms with Gasteiger partial charge in [-0.1, -0.05) is 12.1 Å². The number of anilines is 1. The van der Waals surface area contributed by atoms with Crippen LogP contribution in [0.5, 0.6) is 0 Å². The minimum atomic E-state index is -0.188. The highest BCUT2D eigenvalue weighted by atomic mass is 19.1. The van der Waals surface area contributed by atoms with Crippen LogP contribution in [0.2, 0.25) is 0 Å². The Kier molecular flexibility index (Phi) is 4.71. The molecule has 138 valence electrons. The summed E-state index contributed by atoms with van der Waals surface area (Å²) in [6.45, 7) is 2.48. The van der Waals surface area contributed by atoms with E-state index in [0.717, 1.165) is 24.0 Å². The third-order valence-electron chi connectivity index (χ3n) is 5.15. The molecule has 2 aromatic rings. The first kappa shape index (κ1) is 17.4. The largest absolute Gasteiger partial charge is 0.352 e. The maximum atomic E-state index is 14.2. The summed E-state index contributed by atoms with van der Waals surface area (Å²) in [6.07, 6.45) is 5.37. The van der Waals surface area contributed by atoms with Crippen molar-refractivity contribution in [3.05, 3.63) is 53.2 Å². The van der Waals surface area contributed by atoms with E-state index in [4.69, 9.17) is 5.26 Å². The van der Waals surface area contributed by atoms with Gasteiger partial charge in [-0.25, -0.2) is 14.4 Å². The Labute approximate surface area is 157 Å². The van der Waals surface area contributed by atoms with Gasteiger partial charge in [0.15, 0.2) is 5.69 Å². The summed E-state index contributed by atoms with van der Waals surface area (Å²) in [4.78, 5) is 24.7. The zero-order chi connectivity index (χ0) is 18.8. The molecule has 1 aromatic heterocycles. The molecule has 4 rings (SSSR count). The Morgan fingerprint density at radius 1 is 1.19 bits per heavy atom.